The Kier molecular flexibility index (Phi) is 2.22. The van der Waals surface area contributed by atoms with Crippen LogP contribution in [0.3, 0.4) is 0 Å². The lowest BCUT2D eigenvalue weighted by molar-refractivity contribution is 0.495. The van der Waals surface area contributed by atoms with Crippen LogP contribution in [0.1, 0.15) is 0 Å². The average molecular weight is 127 g/mol. The Hall–Kier alpha value is -0.380. The van der Waals surface area contributed by atoms with E-state index in [1.165, 1.54) is 0 Å². The Labute approximate surface area is 55.3 Å². The molecule has 0 bridgehead atoms. The summed E-state index contributed by atoms with van der Waals surface area (Å²) in [4.78, 5) is 0. The molecular weight excluding hydrogens is 114 g/mol. The second-order valence-corrected chi connectivity index (χ2v) is 2.22. The molecule has 0 aromatic rings. The van der Waals surface area contributed by atoms with Gasteiger partial charge in [0.2, 0.25) is 0 Å². The number of nitrogens with one attached hydrogen (secondary N) is 2. The van der Waals surface area contributed by atoms with E-state index in [0.717, 1.165) is 6.54 Å². The normalized spacial score (nSPS) is 34.9. The summed E-state index contributed by atoms with van der Waals surface area (Å²) in [6.45, 7) is 0.863. The standard InChI is InChI=1S/C6H13N3/c1-8-6-3-2-5(7)4-9-6/h2-3,5-6,8-9H,4,7H2,1H3. The maximum atomic E-state index is 5.57. The van der Waals surface area contributed by atoms with Crippen LogP contribution in [0.25, 0.3) is 0 Å². The van der Waals surface area contributed by atoms with Crippen LogP contribution in [-0.4, -0.2) is 25.8 Å². The molecule has 0 aromatic heterocycles. The fraction of sp³-hybridized carbons (Fsp3) is 0.667. The Morgan fingerprint density at radius 2 is 2.44 bits per heavy atom. The summed E-state index contributed by atoms with van der Waals surface area (Å²) < 4.78 is 0. The molecule has 0 aromatic carbocycles. The second-order valence-electron chi connectivity index (χ2n) is 2.22. The van der Waals surface area contributed by atoms with Crippen molar-refractivity contribution in [3.8, 4) is 0 Å². The molecule has 0 radical (unpaired) electrons. The molecule has 0 amide bonds. The third-order valence-corrected chi connectivity index (χ3v) is 1.44. The molecule has 9 heavy (non-hydrogen) atoms. The molecule has 1 aliphatic heterocycles. The van der Waals surface area contributed by atoms with Gasteiger partial charge in [0.15, 0.2) is 0 Å². The average Bonchev–Trinajstić information content (AvgIpc) is 1.90. The number of hydrogen-bond acceptors (Lipinski definition) is 3. The SMILES string of the molecule is CNC1C=CC(N)CN1. The fourth-order valence-corrected chi connectivity index (χ4v) is 0.851. The van der Waals surface area contributed by atoms with Crippen molar-refractivity contribution in [3.05, 3.63) is 12.2 Å². The molecule has 3 nitrogen and oxygen atoms in total. The highest BCUT2D eigenvalue weighted by Gasteiger charge is 2.07. The zero-order valence-electron chi connectivity index (χ0n) is 5.59. The van der Waals surface area contributed by atoms with E-state index >= 15 is 0 Å². The van der Waals surface area contributed by atoms with Crippen molar-refractivity contribution in [2.24, 2.45) is 5.73 Å². The first-order chi connectivity index (χ1) is 4.33. The van der Waals surface area contributed by atoms with Gasteiger partial charge in [0.25, 0.3) is 0 Å². The van der Waals surface area contributed by atoms with Gasteiger partial charge in [-0.05, 0) is 7.05 Å². The minimum absolute atomic E-state index is 0.189. The molecule has 2 unspecified atom stereocenters. The molecule has 52 valence electrons. The largest absolute Gasteiger partial charge is 0.323 e. The summed E-state index contributed by atoms with van der Waals surface area (Å²) in [6, 6.07) is 0.189. The number of likely N-dealkylation sites (N-methyl/N-ethyl adjacent to an activating group) is 1. The zero-order valence-corrected chi connectivity index (χ0v) is 5.59. The Bertz CT molecular complexity index is 111. The van der Waals surface area contributed by atoms with Crippen molar-refractivity contribution >= 4 is 0 Å². The van der Waals surface area contributed by atoms with E-state index in [-0.39, 0.29) is 6.04 Å². The van der Waals surface area contributed by atoms with Gasteiger partial charge in [0, 0.05) is 12.6 Å². The topological polar surface area (TPSA) is 50.1 Å². The first kappa shape index (κ1) is 6.74. The van der Waals surface area contributed by atoms with Gasteiger partial charge in [-0.25, -0.2) is 0 Å². The number of nitrogens with two attached hydrogens (primary N) is 1. The van der Waals surface area contributed by atoms with Crippen LogP contribution in [-0.2, 0) is 0 Å². The van der Waals surface area contributed by atoms with Crippen LogP contribution in [0.2, 0.25) is 0 Å². The minimum Gasteiger partial charge on any atom is -0.323 e. The van der Waals surface area contributed by atoms with Gasteiger partial charge in [0.05, 0.1) is 6.17 Å². The van der Waals surface area contributed by atoms with Crippen molar-refractivity contribution < 1.29 is 0 Å². The zero-order chi connectivity index (χ0) is 6.69. The molecule has 1 heterocycles. The van der Waals surface area contributed by atoms with Crippen molar-refractivity contribution in [3.63, 3.8) is 0 Å². The summed E-state index contributed by atoms with van der Waals surface area (Å²) in [5.74, 6) is 0. The first-order valence-corrected chi connectivity index (χ1v) is 3.17. The predicted molar refractivity (Wildman–Crippen MR) is 38.0 cm³/mol. The van der Waals surface area contributed by atoms with Crippen LogP contribution in [0.4, 0.5) is 0 Å². The smallest absolute Gasteiger partial charge is 0.0762 e. The molecule has 0 saturated heterocycles. The molecule has 3 heteroatoms. The van der Waals surface area contributed by atoms with E-state index in [9.17, 15) is 0 Å². The van der Waals surface area contributed by atoms with Crippen LogP contribution in [0.15, 0.2) is 12.2 Å². The Balaban J connectivity index is 2.38. The third kappa shape index (κ3) is 1.78. The Morgan fingerprint density at radius 3 is 2.89 bits per heavy atom. The maximum absolute atomic E-state index is 5.57. The summed E-state index contributed by atoms with van der Waals surface area (Å²) in [5, 5.41) is 6.27. The van der Waals surface area contributed by atoms with Gasteiger partial charge in [-0.15, -0.1) is 0 Å². The Morgan fingerprint density at radius 1 is 1.67 bits per heavy atom. The summed E-state index contributed by atoms with van der Waals surface area (Å²) in [7, 11) is 1.92. The van der Waals surface area contributed by atoms with Gasteiger partial charge < -0.3 is 11.1 Å². The van der Waals surface area contributed by atoms with Crippen molar-refractivity contribution in [1.29, 1.82) is 0 Å². The van der Waals surface area contributed by atoms with Crippen molar-refractivity contribution in [1.82, 2.24) is 10.6 Å². The van der Waals surface area contributed by atoms with Gasteiger partial charge in [-0.2, -0.15) is 0 Å². The van der Waals surface area contributed by atoms with Crippen LogP contribution >= 0.6 is 0 Å². The van der Waals surface area contributed by atoms with Gasteiger partial charge in [0.1, 0.15) is 0 Å². The lowest BCUT2D eigenvalue weighted by Gasteiger charge is -2.21. The highest BCUT2D eigenvalue weighted by atomic mass is 15.1. The molecular formula is C6H13N3. The highest BCUT2D eigenvalue weighted by molar-refractivity contribution is 5.03. The van der Waals surface area contributed by atoms with Gasteiger partial charge in [-0.3, -0.25) is 5.32 Å². The third-order valence-electron chi connectivity index (χ3n) is 1.44. The molecule has 1 rings (SSSR count). The van der Waals surface area contributed by atoms with Crippen LogP contribution in [0.5, 0.6) is 0 Å². The summed E-state index contributed by atoms with van der Waals surface area (Å²) in [5.41, 5.74) is 5.57. The molecule has 0 saturated carbocycles. The van der Waals surface area contributed by atoms with Gasteiger partial charge in [-0.1, -0.05) is 12.2 Å². The van der Waals surface area contributed by atoms with E-state index in [1.807, 2.05) is 19.2 Å². The second kappa shape index (κ2) is 2.96. The first-order valence-electron chi connectivity index (χ1n) is 3.17. The van der Waals surface area contributed by atoms with E-state index in [2.05, 4.69) is 10.6 Å². The quantitative estimate of drug-likeness (QED) is 0.397. The monoisotopic (exact) mass is 127 g/mol. The molecule has 2 atom stereocenters. The lowest BCUT2D eigenvalue weighted by Crippen LogP contribution is -2.47. The van der Waals surface area contributed by atoms with Crippen molar-refractivity contribution in [2.75, 3.05) is 13.6 Å². The molecule has 1 aliphatic rings. The molecule has 0 aliphatic carbocycles. The van der Waals surface area contributed by atoms with E-state index in [4.69, 9.17) is 5.73 Å². The number of rotatable bonds is 1. The van der Waals surface area contributed by atoms with Crippen molar-refractivity contribution in [2.45, 2.75) is 12.2 Å². The van der Waals surface area contributed by atoms with Gasteiger partial charge >= 0.3 is 0 Å². The van der Waals surface area contributed by atoms with E-state index < -0.39 is 0 Å². The highest BCUT2D eigenvalue weighted by Crippen LogP contribution is 1.91. The molecule has 4 N–H and O–H groups in total. The molecule has 0 fully saturated rings. The number of hydrogen-bond donors (Lipinski definition) is 3. The summed E-state index contributed by atoms with van der Waals surface area (Å²) in [6.07, 6.45) is 4.36. The predicted octanol–water partition coefficient (Wildman–Crippen LogP) is -0.981. The fourth-order valence-electron chi connectivity index (χ4n) is 0.851. The maximum Gasteiger partial charge on any atom is 0.0762 e. The van der Waals surface area contributed by atoms with E-state index in [1.54, 1.807) is 0 Å². The minimum atomic E-state index is 0.189. The van der Waals surface area contributed by atoms with Crippen LogP contribution in [0, 0.1) is 0 Å². The summed E-state index contributed by atoms with van der Waals surface area (Å²) >= 11 is 0. The molecule has 0 spiro atoms. The lowest BCUT2D eigenvalue weighted by atomic mass is 10.2. The van der Waals surface area contributed by atoms with Crippen LogP contribution < -0.4 is 16.4 Å². The van der Waals surface area contributed by atoms with E-state index in [0.29, 0.717) is 6.17 Å².